The minimum atomic E-state index is -0.731. The second kappa shape index (κ2) is 10.2. The Hall–Kier alpha value is -4.89. The summed E-state index contributed by atoms with van der Waals surface area (Å²) in [5.74, 6) is 0.201. The van der Waals surface area contributed by atoms with Crippen LogP contribution >= 0.6 is 0 Å². The third-order valence-electron chi connectivity index (χ3n) is 6.64. The molecule has 1 aliphatic carbocycles. The number of urea groups is 1. The lowest BCUT2D eigenvalue weighted by molar-refractivity contribution is 0.0757. The molecule has 1 fully saturated rings. The van der Waals surface area contributed by atoms with Crippen molar-refractivity contribution >= 4 is 35.5 Å². The molecule has 5 heterocycles. The lowest BCUT2D eigenvalue weighted by Crippen LogP contribution is -2.67. The second-order valence-corrected chi connectivity index (χ2v) is 8.99. The van der Waals surface area contributed by atoms with Crippen LogP contribution in [0.25, 0.3) is 0 Å². The molecule has 6 rings (SSSR count). The van der Waals surface area contributed by atoms with E-state index in [9.17, 15) is 19.6 Å². The first kappa shape index (κ1) is 24.8. The molecular formula is C26H24N8O4. The smallest absolute Gasteiger partial charge is 0.328 e. The van der Waals surface area contributed by atoms with Gasteiger partial charge in [0.2, 0.25) is 0 Å². The Morgan fingerprint density at radius 3 is 2.82 bits per heavy atom. The third kappa shape index (κ3) is 4.51. The van der Waals surface area contributed by atoms with Gasteiger partial charge in [-0.25, -0.2) is 14.8 Å². The molecule has 192 valence electrons. The van der Waals surface area contributed by atoms with E-state index >= 15 is 0 Å². The first-order chi connectivity index (χ1) is 18.5. The molecule has 0 spiro atoms. The van der Waals surface area contributed by atoms with Crippen molar-refractivity contribution < 1.29 is 19.1 Å². The van der Waals surface area contributed by atoms with E-state index < -0.39 is 11.6 Å². The van der Waals surface area contributed by atoms with E-state index in [4.69, 9.17) is 4.74 Å². The minimum absolute atomic E-state index is 0.162. The molecule has 0 atom stereocenters. The summed E-state index contributed by atoms with van der Waals surface area (Å²) in [5.41, 5.74) is 1.19. The van der Waals surface area contributed by atoms with Crippen molar-refractivity contribution in [2.24, 2.45) is 0 Å². The summed E-state index contributed by atoms with van der Waals surface area (Å²) in [5, 5.41) is 18.3. The van der Waals surface area contributed by atoms with Crippen molar-refractivity contribution in [2.45, 2.75) is 24.4 Å². The zero-order valence-electron chi connectivity index (χ0n) is 20.5. The minimum Gasteiger partial charge on any atom is -0.383 e. The van der Waals surface area contributed by atoms with Gasteiger partial charge in [-0.3, -0.25) is 24.8 Å². The van der Waals surface area contributed by atoms with Gasteiger partial charge in [0.25, 0.3) is 5.91 Å². The number of carbonyl (C=O) groups is 3. The molecular weight excluding hydrogens is 488 g/mol. The molecule has 3 aliphatic rings. The van der Waals surface area contributed by atoms with Crippen LogP contribution in [0, 0.1) is 11.3 Å². The van der Waals surface area contributed by atoms with Crippen LogP contribution in [0.2, 0.25) is 0 Å². The van der Waals surface area contributed by atoms with Gasteiger partial charge in [-0.1, -0.05) is 12.1 Å². The van der Waals surface area contributed by atoms with Crippen LogP contribution in [0.15, 0.2) is 48.8 Å². The fourth-order valence-electron chi connectivity index (χ4n) is 4.83. The molecule has 0 radical (unpaired) electrons. The van der Waals surface area contributed by atoms with Crippen LogP contribution in [0.1, 0.15) is 44.9 Å². The number of nitriles is 1. The Morgan fingerprint density at radius 2 is 2.11 bits per heavy atom. The zero-order valence-corrected chi connectivity index (χ0v) is 20.5. The Morgan fingerprint density at radius 1 is 1.26 bits per heavy atom. The van der Waals surface area contributed by atoms with Crippen LogP contribution in [0.5, 0.6) is 0 Å². The van der Waals surface area contributed by atoms with Gasteiger partial charge < -0.3 is 15.4 Å². The number of ether oxygens (including phenoxy) is 1. The number of carbonyl (C=O) groups excluding carboxylic acids is 3. The summed E-state index contributed by atoms with van der Waals surface area (Å²) in [6, 6.07) is 11.3. The summed E-state index contributed by atoms with van der Waals surface area (Å²) >= 11 is 0. The molecule has 2 aliphatic heterocycles. The molecule has 12 nitrogen and oxygen atoms in total. The number of pyridine rings is 3. The van der Waals surface area contributed by atoms with Crippen LogP contribution in [-0.2, 0) is 10.3 Å². The highest BCUT2D eigenvalue weighted by atomic mass is 16.5. The van der Waals surface area contributed by atoms with Crippen molar-refractivity contribution in [3.8, 4) is 6.07 Å². The number of nitrogens with zero attached hydrogens (tertiary/aromatic N) is 5. The molecule has 0 saturated heterocycles. The number of anilines is 3. The van der Waals surface area contributed by atoms with E-state index in [1.165, 1.54) is 11.1 Å². The summed E-state index contributed by atoms with van der Waals surface area (Å²) in [6.45, 7) is 0.902. The van der Waals surface area contributed by atoms with Crippen molar-refractivity contribution in [3.63, 3.8) is 0 Å². The fourth-order valence-corrected chi connectivity index (χ4v) is 4.83. The maximum atomic E-state index is 13.5. The number of aldehydes is 1. The highest BCUT2D eigenvalue weighted by molar-refractivity contribution is 6.03. The van der Waals surface area contributed by atoms with E-state index in [2.05, 4.69) is 37.0 Å². The Bertz CT molecular complexity index is 1430. The summed E-state index contributed by atoms with van der Waals surface area (Å²) in [7, 11) is 1.57. The van der Waals surface area contributed by atoms with Crippen molar-refractivity contribution in [1.29, 1.82) is 5.26 Å². The number of nitrogens with one attached hydrogen (secondary N) is 3. The first-order valence-corrected chi connectivity index (χ1v) is 11.9. The number of hydrogen-bond acceptors (Lipinski definition) is 9. The molecule has 0 aromatic carbocycles. The lowest BCUT2D eigenvalue weighted by Gasteiger charge is -2.57. The van der Waals surface area contributed by atoms with E-state index in [0.29, 0.717) is 54.9 Å². The van der Waals surface area contributed by atoms with Gasteiger partial charge in [0.15, 0.2) is 6.29 Å². The molecule has 3 aromatic rings. The average molecular weight is 513 g/mol. The number of rotatable bonds is 8. The summed E-state index contributed by atoms with van der Waals surface area (Å²) in [6.07, 6.45) is 4.47. The van der Waals surface area contributed by atoms with Crippen LogP contribution in [0.3, 0.4) is 0 Å². The summed E-state index contributed by atoms with van der Waals surface area (Å²) in [4.78, 5) is 52.1. The van der Waals surface area contributed by atoms with Crippen molar-refractivity contribution in [1.82, 2.24) is 20.3 Å². The topological polar surface area (TPSA) is 162 Å². The Balaban J connectivity index is 1.41. The van der Waals surface area contributed by atoms with Crippen molar-refractivity contribution in [2.75, 3.05) is 35.8 Å². The van der Waals surface area contributed by atoms with Crippen molar-refractivity contribution in [3.05, 3.63) is 71.3 Å². The predicted octanol–water partition coefficient (Wildman–Crippen LogP) is 2.45. The molecule has 12 heteroatoms. The zero-order chi connectivity index (χ0) is 26.7. The quantitative estimate of drug-likeness (QED) is 0.304. The van der Waals surface area contributed by atoms with Gasteiger partial charge in [0, 0.05) is 43.7 Å². The predicted molar refractivity (Wildman–Crippen MR) is 137 cm³/mol. The SMILES string of the molecule is COCCNc1cc(NC(=O)N2c3nc(C=O)ccc3C3(NC(=O)c4ccccn4)CC2C3)ncc1C#N. The number of amides is 3. The van der Waals surface area contributed by atoms with Crippen LogP contribution in [0.4, 0.5) is 22.1 Å². The highest BCUT2D eigenvalue weighted by Gasteiger charge is 2.57. The van der Waals surface area contributed by atoms with Crippen LogP contribution in [-0.4, -0.2) is 59.5 Å². The van der Waals surface area contributed by atoms with Gasteiger partial charge in [0.1, 0.15) is 29.1 Å². The van der Waals surface area contributed by atoms with Gasteiger partial charge in [-0.2, -0.15) is 5.26 Å². The van der Waals surface area contributed by atoms with Gasteiger partial charge in [-0.15, -0.1) is 0 Å². The highest BCUT2D eigenvalue weighted by Crippen LogP contribution is 2.53. The number of aromatic nitrogens is 3. The van der Waals surface area contributed by atoms with Gasteiger partial charge >= 0.3 is 6.03 Å². The lowest BCUT2D eigenvalue weighted by atomic mass is 9.64. The Kier molecular flexibility index (Phi) is 6.68. The molecule has 1 saturated carbocycles. The largest absolute Gasteiger partial charge is 0.383 e. The molecule has 0 unspecified atom stereocenters. The molecule has 3 N–H and O–H groups in total. The standard InChI is InChI=1S/C26H24N8O4/c1-38-9-8-29-21-10-22(30-14-16(21)13-27)32-25(37)34-18-11-26(12-18,19-6-5-17(15-35)31-23(19)34)33-24(36)20-4-2-3-7-28-20/h2-7,10,14-15,18H,8-9,11-12H2,1H3,(H,33,36)(H2,29,30,32,37). The first-order valence-electron chi connectivity index (χ1n) is 11.9. The maximum absolute atomic E-state index is 13.5. The molecule has 3 amide bonds. The number of methoxy groups -OCH3 is 1. The normalized spacial score (nSPS) is 18.8. The van der Waals surface area contributed by atoms with Gasteiger partial charge in [-0.05, 0) is 31.0 Å². The van der Waals surface area contributed by atoms with Gasteiger partial charge in [0.05, 0.1) is 23.4 Å². The van der Waals surface area contributed by atoms with E-state index in [-0.39, 0.29) is 29.2 Å². The number of hydrogen-bond donors (Lipinski definition) is 3. The Labute approximate surface area is 218 Å². The summed E-state index contributed by atoms with van der Waals surface area (Å²) < 4.78 is 5.04. The molecule has 3 aromatic heterocycles. The monoisotopic (exact) mass is 512 g/mol. The molecule has 38 heavy (non-hydrogen) atoms. The van der Waals surface area contributed by atoms with E-state index in [1.54, 1.807) is 49.7 Å². The van der Waals surface area contributed by atoms with Crippen LogP contribution < -0.4 is 20.9 Å². The third-order valence-corrected chi connectivity index (χ3v) is 6.64. The maximum Gasteiger partial charge on any atom is 0.328 e. The average Bonchev–Trinajstić information content (AvgIpc) is 2.92. The van der Waals surface area contributed by atoms with E-state index in [1.807, 2.05) is 0 Å². The molecule has 2 bridgehead atoms. The fraction of sp³-hybridized carbons (Fsp3) is 0.269. The van der Waals surface area contributed by atoms with E-state index in [0.717, 1.165) is 0 Å². The second-order valence-electron chi connectivity index (χ2n) is 8.99.